The number of aromatic nitrogens is 2. The number of ether oxygens (including phenoxy) is 1. The van der Waals surface area contributed by atoms with Crippen LogP contribution in [-0.2, 0) is 16.1 Å². The van der Waals surface area contributed by atoms with Crippen LogP contribution in [0.4, 0.5) is 0 Å². The van der Waals surface area contributed by atoms with E-state index in [1.54, 1.807) is 19.0 Å². The summed E-state index contributed by atoms with van der Waals surface area (Å²) in [5.41, 5.74) is 1.25. The molecule has 1 aliphatic carbocycles. The first kappa shape index (κ1) is 20.4. The van der Waals surface area contributed by atoms with Crippen molar-refractivity contribution in [1.82, 2.24) is 19.6 Å². The van der Waals surface area contributed by atoms with Crippen LogP contribution >= 0.6 is 11.6 Å². The molecule has 29 heavy (non-hydrogen) atoms. The molecule has 1 saturated carbocycles. The van der Waals surface area contributed by atoms with E-state index >= 15 is 0 Å². The number of carbonyl (C=O) groups is 1. The zero-order chi connectivity index (χ0) is 20.4. The minimum atomic E-state index is 0.000318. The Morgan fingerprint density at radius 2 is 2.03 bits per heavy atom. The summed E-state index contributed by atoms with van der Waals surface area (Å²) < 4.78 is 8.15. The number of fused-ring (bicyclic) bond motifs is 1. The maximum absolute atomic E-state index is 12.0. The van der Waals surface area contributed by atoms with Gasteiger partial charge < -0.3 is 9.64 Å². The van der Waals surface area contributed by atoms with Crippen molar-refractivity contribution in [2.45, 2.75) is 31.5 Å². The molecule has 2 aliphatic rings. The minimum Gasteiger partial charge on any atom is -0.366 e. The first-order valence-electron chi connectivity index (χ1n) is 10.3. The van der Waals surface area contributed by atoms with Crippen molar-refractivity contribution < 1.29 is 9.53 Å². The maximum Gasteiger partial charge on any atom is 0.248 e. The zero-order valence-corrected chi connectivity index (χ0v) is 17.8. The minimum absolute atomic E-state index is 0.000318. The van der Waals surface area contributed by atoms with Gasteiger partial charge in [0.05, 0.1) is 12.1 Å². The van der Waals surface area contributed by atoms with Crippen molar-refractivity contribution in [2.75, 3.05) is 33.8 Å². The summed E-state index contributed by atoms with van der Waals surface area (Å²) in [4.78, 5) is 16.2. The number of likely N-dealkylation sites (tertiary alicyclic amines) is 1. The van der Waals surface area contributed by atoms with Crippen LogP contribution < -0.4 is 0 Å². The third kappa shape index (κ3) is 4.82. The molecule has 156 valence electrons. The SMILES string of the molecule is CN(C)C(=O)CO[C@H]1C[C@@H]2CN(Cc3cccc(Cl)c3)C[C@@H]2C[C@@H]1n1cccn1. The lowest BCUT2D eigenvalue weighted by Crippen LogP contribution is -2.40. The molecule has 0 spiro atoms. The molecule has 1 saturated heterocycles. The second-order valence-electron chi connectivity index (χ2n) is 8.51. The Morgan fingerprint density at radius 1 is 1.24 bits per heavy atom. The van der Waals surface area contributed by atoms with E-state index in [9.17, 15) is 4.79 Å². The average molecular weight is 417 g/mol. The van der Waals surface area contributed by atoms with E-state index in [0.29, 0.717) is 11.8 Å². The fraction of sp³-hybridized carbons (Fsp3) is 0.545. The van der Waals surface area contributed by atoms with E-state index < -0.39 is 0 Å². The molecule has 2 heterocycles. The van der Waals surface area contributed by atoms with Crippen molar-refractivity contribution in [3.63, 3.8) is 0 Å². The number of benzene rings is 1. The number of nitrogens with zero attached hydrogens (tertiary/aromatic N) is 4. The van der Waals surface area contributed by atoms with Gasteiger partial charge in [0.15, 0.2) is 0 Å². The Morgan fingerprint density at radius 3 is 2.72 bits per heavy atom. The van der Waals surface area contributed by atoms with Crippen LogP contribution in [0.1, 0.15) is 24.4 Å². The van der Waals surface area contributed by atoms with Gasteiger partial charge in [0, 0.05) is 51.1 Å². The molecule has 2 aromatic rings. The molecular formula is C22H29ClN4O2. The molecule has 4 rings (SSSR count). The molecule has 1 amide bonds. The Labute approximate surface area is 177 Å². The number of rotatable bonds is 6. The van der Waals surface area contributed by atoms with Gasteiger partial charge in [-0.1, -0.05) is 23.7 Å². The number of likely N-dealkylation sites (N-methyl/N-ethyl adjacent to an activating group) is 1. The van der Waals surface area contributed by atoms with Gasteiger partial charge in [-0.2, -0.15) is 5.10 Å². The Kier molecular flexibility index (Phi) is 6.23. The van der Waals surface area contributed by atoms with Crippen LogP contribution in [0.5, 0.6) is 0 Å². The topological polar surface area (TPSA) is 50.6 Å². The fourth-order valence-electron chi connectivity index (χ4n) is 4.75. The molecule has 2 fully saturated rings. The molecular weight excluding hydrogens is 388 g/mol. The summed E-state index contributed by atoms with van der Waals surface area (Å²) in [5.74, 6) is 1.20. The van der Waals surface area contributed by atoms with Crippen molar-refractivity contribution in [1.29, 1.82) is 0 Å². The third-order valence-corrected chi connectivity index (χ3v) is 6.48. The normalized spacial score (nSPS) is 27.0. The highest BCUT2D eigenvalue weighted by Crippen LogP contribution is 2.42. The zero-order valence-electron chi connectivity index (χ0n) is 17.1. The van der Waals surface area contributed by atoms with Gasteiger partial charge in [0.25, 0.3) is 0 Å². The van der Waals surface area contributed by atoms with Crippen LogP contribution in [0.3, 0.4) is 0 Å². The number of carbonyl (C=O) groups excluding carboxylic acids is 1. The average Bonchev–Trinajstić information content (AvgIpc) is 3.34. The summed E-state index contributed by atoms with van der Waals surface area (Å²) in [5, 5.41) is 5.26. The Hall–Kier alpha value is -1.89. The number of hydrogen-bond donors (Lipinski definition) is 0. The maximum atomic E-state index is 12.0. The van der Waals surface area contributed by atoms with Crippen LogP contribution in [0, 0.1) is 11.8 Å². The lowest BCUT2D eigenvalue weighted by Gasteiger charge is -2.38. The smallest absolute Gasteiger partial charge is 0.248 e. The Balaban J connectivity index is 1.44. The van der Waals surface area contributed by atoms with Crippen molar-refractivity contribution in [3.8, 4) is 0 Å². The molecule has 0 radical (unpaired) electrons. The number of hydrogen-bond acceptors (Lipinski definition) is 4. The number of amides is 1. The van der Waals surface area contributed by atoms with E-state index in [2.05, 4.69) is 22.1 Å². The van der Waals surface area contributed by atoms with Gasteiger partial charge >= 0.3 is 0 Å². The third-order valence-electron chi connectivity index (χ3n) is 6.24. The first-order chi connectivity index (χ1) is 14.0. The van der Waals surface area contributed by atoms with Crippen LogP contribution in [-0.4, -0.2) is 65.4 Å². The van der Waals surface area contributed by atoms with Gasteiger partial charge in [-0.3, -0.25) is 14.4 Å². The van der Waals surface area contributed by atoms with Crippen LogP contribution in [0.15, 0.2) is 42.7 Å². The molecule has 7 heteroatoms. The molecule has 1 aromatic carbocycles. The van der Waals surface area contributed by atoms with Crippen molar-refractivity contribution in [3.05, 3.63) is 53.3 Å². The molecule has 6 nitrogen and oxygen atoms in total. The molecule has 4 atom stereocenters. The predicted octanol–water partition coefficient (Wildman–Crippen LogP) is 3.09. The fourth-order valence-corrected chi connectivity index (χ4v) is 4.96. The lowest BCUT2D eigenvalue weighted by atomic mass is 9.77. The molecule has 0 bridgehead atoms. The summed E-state index contributed by atoms with van der Waals surface area (Å²) in [6.45, 7) is 3.19. The summed E-state index contributed by atoms with van der Waals surface area (Å²) in [6.07, 6.45) is 5.81. The van der Waals surface area contributed by atoms with Gasteiger partial charge in [-0.05, 0) is 48.4 Å². The van der Waals surface area contributed by atoms with E-state index in [4.69, 9.17) is 16.3 Å². The van der Waals surface area contributed by atoms with Crippen LogP contribution in [0.2, 0.25) is 5.02 Å². The van der Waals surface area contributed by atoms with Gasteiger partial charge in [-0.25, -0.2) is 0 Å². The van der Waals surface area contributed by atoms with Gasteiger partial charge in [0.2, 0.25) is 5.91 Å². The highest BCUT2D eigenvalue weighted by atomic mass is 35.5. The number of halogens is 1. The monoisotopic (exact) mass is 416 g/mol. The quantitative estimate of drug-likeness (QED) is 0.726. The van der Waals surface area contributed by atoms with E-state index in [0.717, 1.165) is 37.5 Å². The van der Waals surface area contributed by atoms with E-state index in [1.165, 1.54) is 5.56 Å². The van der Waals surface area contributed by atoms with E-state index in [1.807, 2.05) is 35.3 Å². The second-order valence-corrected chi connectivity index (χ2v) is 8.94. The molecule has 0 unspecified atom stereocenters. The summed E-state index contributed by atoms with van der Waals surface area (Å²) in [6, 6.07) is 10.2. The summed E-state index contributed by atoms with van der Waals surface area (Å²) >= 11 is 6.15. The van der Waals surface area contributed by atoms with Crippen molar-refractivity contribution >= 4 is 17.5 Å². The molecule has 1 aliphatic heterocycles. The first-order valence-corrected chi connectivity index (χ1v) is 10.6. The van der Waals surface area contributed by atoms with E-state index in [-0.39, 0.29) is 24.7 Å². The van der Waals surface area contributed by atoms with Crippen LogP contribution in [0.25, 0.3) is 0 Å². The highest BCUT2D eigenvalue weighted by Gasteiger charge is 2.43. The Bertz CT molecular complexity index is 826. The van der Waals surface area contributed by atoms with Crippen molar-refractivity contribution in [2.24, 2.45) is 11.8 Å². The second kappa shape index (κ2) is 8.86. The standard InChI is InChI=1S/C22H29ClN4O2/c1-25(2)22(28)15-29-21-11-18-14-26(12-16-5-3-6-19(23)9-16)13-17(18)10-20(21)27-8-4-7-24-27/h3-9,17-18,20-21H,10-15H2,1-2H3/t17-,18+,20-,21-/m0/s1. The molecule has 1 aromatic heterocycles. The molecule has 0 N–H and O–H groups in total. The van der Waals surface area contributed by atoms with Gasteiger partial charge in [-0.15, -0.1) is 0 Å². The highest BCUT2D eigenvalue weighted by molar-refractivity contribution is 6.30. The lowest BCUT2D eigenvalue weighted by molar-refractivity contribution is -0.138. The predicted molar refractivity (Wildman–Crippen MR) is 113 cm³/mol. The largest absolute Gasteiger partial charge is 0.366 e. The van der Waals surface area contributed by atoms with Gasteiger partial charge in [0.1, 0.15) is 6.61 Å². The summed E-state index contributed by atoms with van der Waals surface area (Å²) in [7, 11) is 3.52.